The maximum atomic E-state index is 8.76. The van der Waals surface area contributed by atoms with E-state index in [0.717, 1.165) is 11.1 Å². The van der Waals surface area contributed by atoms with Gasteiger partial charge in [-0.05, 0) is 25.0 Å². The quantitative estimate of drug-likeness (QED) is 0.531. The highest BCUT2D eigenvalue weighted by atomic mass is 14.7. The fourth-order valence-corrected chi connectivity index (χ4v) is 1.08. The van der Waals surface area contributed by atoms with E-state index in [1.165, 1.54) is 0 Å². The minimum atomic E-state index is 0.484. The lowest BCUT2D eigenvalue weighted by Crippen LogP contribution is -1.84. The van der Waals surface area contributed by atoms with Crippen LogP contribution >= 0.6 is 0 Å². The van der Waals surface area contributed by atoms with Gasteiger partial charge in [0.15, 0.2) is 0 Å². The van der Waals surface area contributed by atoms with Gasteiger partial charge in [-0.25, -0.2) is 4.85 Å². The molecule has 0 radical (unpaired) electrons. The molecule has 0 saturated carbocycles. The Labute approximate surface area is 71.9 Å². The molecule has 0 amide bonds. The molecule has 0 unspecified atom stereocenters. The van der Waals surface area contributed by atoms with Crippen molar-refractivity contribution in [1.82, 2.24) is 0 Å². The van der Waals surface area contributed by atoms with Crippen LogP contribution in [0.5, 0.6) is 0 Å². The standard InChI is InChI=1S/C10H8N2/c1-7-4-5-8(2)10(12-3)9(7)6-11/h4-5H,1-2H3. The fourth-order valence-electron chi connectivity index (χ4n) is 1.08. The van der Waals surface area contributed by atoms with Crippen molar-refractivity contribution in [1.29, 1.82) is 5.26 Å². The van der Waals surface area contributed by atoms with Gasteiger partial charge in [0.25, 0.3) is 0 Å². The Morgan fingerprint density at radius 2 is 1.92 bits per heavy atom. The summed E-state index contributed by atoms with van der Waals surface area (Å²) in [5.74, 6) is 0. The van der Waals surface area contributed by atoms with Crippen LogP contribution in [0.25, 0.3) is 4.85 Å². The molecule has 0 atom stereocenters. The predicted octanol–water partition coefficient (Wildman–Crippen LogP) is 2.73. The largest absolute Gasteiger partial charge is 0.236 e. The molecule has 1 aromatic rings. The summed E-state index contributed by atoms with van der Waals surface area (Å²) in [6.07, 6.45) is 0. The van der Waals surface area contributed by atoms with Crippen LogP contribution < -0.4 is 0 Å². The first-order valence-electron chi connectivity index (χ1n) is 3.58. The predicted molar refractivity (Wildman–Crippen MR) is 46.9 cm³/mol. The molecule has 1 aromatic carbocycles. The van der Waals surface area contributed by atoms with Gasteiger partial charge in [0.05, 0.1) is 18.2 Å². The molecular formula is C10H8N2. The maximum Gasteiger partial charge on any atom is 0.207 e. The van der Waals surface area contributed by atoms with E-state index in [4.69, 9.17) is 11.8 Å². The van der Waals surface area contributed by atoms with Gasteiger partial charge in [-0.1, -0.05) is 12.1 Å². The van der Waals surface area contributed by atoms with E-state index in [2.05, 4.69) is 4.85 Å². The zero-order chi connectivity index (χ0) is 9.14. The number of benzene rings is 1. The first-order valence-corrected chi connectivity index (χ1v) is 3.58. The number of nitriles is 1. The molecule has 0 aliphatic heterocycles. The zero-order valence-electron chi connectivity index (χ0n) is 7.05. The molecule has 1 rings (SSSR count). The molecule has 0 fully saturated rings. The van der Waals surface area contributed by atoms with Gasteiger partial charge in [0, 0.05) is 0 Å². The first-order chi connectivity index (χ1) is 5.70. The van der Waals surface area contributed by atoms with Crippen LogP contribution in [-0.2, 0) is 0 Å². The molecule has 2 nitrogen and oxygen atoms in total. The second-order valence-electron chi connectivity index (χ2n) is 2.65. The summed E-state index contributed by atoms with van der Waals surface area (Å²) in [6, 6.07) is 5.77. The van der Waals surface area contributed by atoms with Crippen molar-refractivity contribution in [3.05, 3.63) is 40.2 Å². The first kappa shape index (κ1) is 8.30. The Balaban J connectivity index is 3.55. The third-order valence-corrected chi connectivity index (χ3v) is 1.81. The van der Waals surface area contributed by atoms with Gasteiger partial charge < -0.3 is 0 Å². The van der Waals surface area contributed by atoms with Gasteiger partial charge in [-0.15, -0.1) is 0 Å². The molecule has 12 heavy (non-hydrogen) atoms. The number of hydrogen-bond acceptors (Lipinski definition) is 1. The lowest BCUT2D eigenvalue weighted by molar-refractivity contribution is 1.36. The maximum absolute atomic E-state index is 8.76. The average Bonchev–Trinajstić information content (AvgIpc) is 2.08. The Hall–Kier alpha value is -1.80. The van der Waals surface area contributed by atoms with Gasteiger partial charge >= 0.3 is 0 Å². The van der Waals surface area contributed by atoms with Crippen molar-refractivity contribution in [3.63, 3.8) is 0 Å². The number of rotatable bonds is 0. The van der Waals surface area contributed by atoms with Crippen LogP contribution in [0, 0.1) is 31.8 Å². The molecule has 58 valence electrons. The monoisotopic (exact) mass is 156 g/mol. The molecule has 0 aromatic heterocycles. The van der Waals surface area contributed by atoms with Crippen molar-refractivity contribution in [2.24, 2.45) is 0 Å². The van der Waals surface area contributed by atoms with E-state index in [1.54, 1.807) is 0 Å². The van der Waals surface area contributed by atoms with Crippen LogP contribution in [-0.4, -0.2) is 0 Å². The third-order valence-electron chi connectivity index (χ3n) is 1.81. The fraction of sp³-hybridized carbons (Fsp3) is 0.200. The van der Waals surface area contributed by atoms with Crippen LogP contribution in [0.2, 0.25) is 0 Å². The highest BCUT2D eigenvalue weighted by Crippen LogP contribution is 2.25. The third kappa shape index (κ3) is 1.15. The number of nitrogens with zero attached hydrogens (tertiary/aromatic N) is 2. The second-order valence-corrected chi connectivity index (χ2v) is 2.65. The molecule has 0 N–H and O–H groups in total. The van der Waals surface area contributed by atoms with E-state index < -0.39 is 0 Å². The van der Waals surface area contributed by atoms with Gasteiger partial charge in [0.2, 0.25) is 5.69 Å². The van der Waals surface area contributed by atoms with Crippen LogP contribution in [0.15, 0.2) is 12.1 Å². The van der Waals surface area contributed by atoms with E-state index in [-0.39, 0.29) is 0 Å². The van der Waals surface area contributed by atoms with Crippen LogP contribution in [0.1, 0.15) is 16.7 Å². The molecule has 0 bridgehead atoms. The molecule has 0 saturated heterocycles. The van der Waals surface area contributed by atoms with E-state index in [9.17, 15) is 0 Å². The summed E-state index contributed by atoms with van der Waals surface area (Å²) >= 11 is 0. The lowest BCUT2D eigenvalue weighted by Gasteiger charge is -2.01. The van der Waals surface area contributed by atoms with Gasteiger partial charge in [-0.2, -0.15) is 5.26 Å². The normalized spacial score (nSPS) is 8.67. The molecule has 2 heteroatoms. The Morgan fingerprint density at radius 1 is 1.33 bits per heavy atom. The summed E-state index contributed by atoms with van der Waals surface area (Å²) in [5.41, 5.74) is 2.73. The lowest BCUT2D eigenvalue weighted by atomic mass is 10.0. The zero-order valence-corrected chi connectivity index (χ0v) is 7.05. The highest BCUT2D eigenvalue weighted by molar-refractivity contribution is 5.65. The Morgan fingerprint density at radius 3 is 2.33 bits per heavy atom. The van der Waals surface area contributed by atoms with Crippen molar-refractivity contribution >= 4 is 5.69 Å². The van der Waals surface area contributed by atoms with Crippen molar-refractivity contribution < 1.29 is 0 Å². The molecule has 0 aliphatic rings. The smallest absolute Gasteiger partial charge is 0.207 e. The summed E-state index contributed by atoms with van der Waals surface area (Å²) in [6.45, 7) is 10.6. The number of hydrogen-bond donors (Lipinski definition) is 0. The number of aryl methyl sites for hydroxylation is 2. The van der Waals surface area contributed by atoms with Crippen LogP contribution in [0.4, 0.5) is 5.69 Å². The molecule has 0 heterocycles. The van der Waals surface area contributed by atoms with E-state index in [1.807, 2.05) is 32.0 Å². The average molecular weight is 156 g/mol. The summed E-state index contributed by atoms with van der Waals surface area (Å²) in [7, 11) is 0. The van der Waals surface area contributed by atoms with E-state index >= 15 is 0 Å². The summed E-state index contributed by atoms with van der Waals surface area (Å²) in [5, 5.41) is 8.76. The van der Waals surface area contributed by atoms with E-state index in [0.29, 0.717) is 11.3 Å². The SMILES string of the molecule is [C-]#[N+]c1c(C)ccc(C)c1C#N. The van der Waals surface area contributed by atoms with Gasteiger partial charge in [-0.3, -0.25) is 0 Å². The molecular weight excluding hydrogens is 148 g/mol. The summed E-state index contributed by atoms with van der Waals surface area (Å²) < 4.78 is 0. The minimum Gasteiger partial charge on any atom is -0.236 e. The topological polar surface area (TPSA) is 28.1 Å². The molecule has 0 spiro atoms. The van der Waals surface area contributed by atoms with Crippen LogP contribution in [0.3, 0.4) is 0 Å². The Bertz CT molecular complexity index is 353. The minimum absolute atomic E-state index is 0.484. The highest BCUT2D eigenvalue weighted by Gasteiger charge is 2.06. The van der Waals surface area contributed by atoms with Crippen molar-refractivity contribution in [2.75, 3.05) is 0 Å². The van der Waals surface area contributed by atoms with Gasteiger partial charge in [0.1, 0.15) is 0 Å². The van der Waals surface area contributed by atoms with Crippen molar-refractivity contribution in [3.8, 4) is 6.07 Å². The second kappa shape index (κ2) is 3.07. The Kier molecular flexibility index (Phi) is 2.12. The molecule has 0 aliphatic carbocycles. The van der Waals surface area contributed by atoms with Crippen molar-refractivity contribution in [2.45, 2.75) is 13.8 Å². The summed E-state index contributed by atoms with van der Waals surface area (Å²) in [4.78, 5) is 3.33.